The summed E-state index contributed by atoms with van der Waals surface area (Å²) >= 11 is 3.50. The molecule has 2 fully saturated rings. The molecule has 0 N–H and O–H groups in total. The van der Waals surface area contributed by atoms with E-state index in [1.165, 1.54) is 0 Å². The van der Waals surface area contributed by atoms with Crippen molar-refractivity contribution in [3.8, 4) is 0 Å². The Balaban J connectivity index is 2.14. The number of halogens is 1. The second-order valence-electron chi connectivity index (χ2n) is 6.68. The summed E-state index contributed by atoms with van der Waals surface area (Å²) in [5.41, 5.74) is 0. The van der Waals surface area contributed by atoms with Crippen LogP contribution in [0.15, 0.2) is 0 Å². The van der Waals surface area contributed by atoms with Crippen LogP contribution in [0.25, 0.3) is 0 Å². The minimum absolute atomic E-state index is 0.101. The quantitative estimate of drug-likeness (QED) is 0.684. The number of ether oxygens (including phenoxy) is 3. The minimum atomic E-state index is -0.559. The first kappa shape index (κ1) is 18.3. The number of methoxy groups -OCH3 is 2. The van der Waals surface area contributed by atoms with Crippen molar-refractivity contribution >= 4 is 21.7 Å². The molecule has 0 radical (unpaired) electrons. The number of alkyl halides is 1. The molecule has 128 valence electrons. The lowest BCUT2D eigenvalue weighted by molar-refractivity contribution is -0.146. The third-order valence-electron chi connectivity index (χ3n) is 4.87. The van der Waals surface area contributed by atoms with Crippen LogP contribution < -0.4 is 0 Å². The molecule has 0 aromatic carbocycles. The van der Waals surface area contributed by atoms with Gasteiger partial charge in [-0.05, 0) is 26.7 Å². The maximum atomic E-state index is 12.8. The van der Waals surface area contributed by atoms with E-state index in [4.69, 9.17) is 14.2 Å². The molecule has 1 aliphatic heterocycles. The minimum Gasteiger partial charge on any atom is -0.381 e. The van der Waals surface area contributed by atoms with Gasteiger partial charge in [0.05, 0.1) is 35.7 Å². The molecule has 1 saturated heterocycles. The average Bonchev–Trinajstić information content (AvgIpc) is 2.52. The Morgan fingerprint density at radius 1 is 1.14 bits per heavy atom. The van der Waals surface area contributed by atoms with E-state index < -0.39 is 4.32 Å². The normalized spacial score (nSPS) is 34.6. The van der Waals surface area contributed by atoms with E-state index in [1.807, 2.05) is 13.8 Å². The van der Waals surface area contributed by atoms with E-state index >= 15 is 0 Å². The molecule has 6 heteroatoms. The summed E-state index contributed by atoms with van der Waals surface area (Å²) in [5.74, 6) is -0.0618. The molecule has 1 heterocycles. The first-order valence-corrected chi connectivity index (χ1v) is 8.78. The van der Waals surface area contributed by atoms with E-state index in [1.54, 1.807) is 14.2 Å². The van der Waals surface area contributed by atoms with Gasteiger partial charge in [-0.15, -0.1) is 0 Å². The van der Waals surface area contributed by atoms with Gasteiger partial charge in [0, 0.05) is 33.4 Å². The van der Waals surface area contributed by atoms with Crippen LogP contribution in [-0.4, -0.2) is 73.8 Å². The molecule has 2 rings (SSSR count). The van der Waals surface area contributed by atoms with Gasteiger partial charge in [-0.2, -0.15) is 0 Å². The Kier molecular flexibility index (Phi) is 6.42. The lowest BCUT2D eigenvalue weighted by atomic mass is 9.75. The number of carbonyl (C=O) groups is 1. The van der Waals surface area contributed by atoms with Gasteiger partial charge in [0.1, 0.15) is 0 Å². The summed E-state index contributed by atoms with van der Waals surface area (Å²) < 4.78 is 16.3. The van der Waals surface area contributed by atoms with Gasteiger partial charge in [-0.1, -0.05) is 15.9 Å². The predicted octanol–water partition coefficient (Wildman–Crippen LogP) is 1.87. The third kappa shape index (κ3) is 4.09. The highest BCUT2D eigenvalue weighted by Gasteiger charge is 2.47. The number of morpholine rings is 1. The van der Waals surface area contributed by atoms with Gasteiger partial charge in [0.2, 0.25) is 0 Å². The Morgan fingerprint density at radius 2 is 1.64 bits per heavy atom. The van der Waals surface area contributed by atoms with Gasteiger partial charge in [-0.3, -0.25) is 9.69 Å². The maximum Gasteiger partial charge on any atom is 0.157 e. The summed E-state index contributed by atoms with van der Waals surface area (Å²) in [7, 11) is 3.39. The lowest BCUT2D eigenvalue weighted by Gasteiger charge is -2.45. The van der Waals surface area contributed by atoms with E-state index in [2.05, 4.69) is 20.8 Å². The van der Waals surface area contributed by atoms with E-state index in [0.29, 0.717) is 6.04 Å². The lowest BCUT2D eigenvalue weighted by Crippen LogP contribution is -2.56. The van der Waals surface area contributed by atoms with Gasteiger partial charge in [0.25, 0.3) is 0 Å². The van der Waals surface area contributed by atoms with Gasteiger partial charge in [-0.25, -0.2) is 0 Å². The van der Waals surface area contributed by atoms with Gasteiger partial charge in [0.15, 0.2) is 5.78 Å². The number of hydrogen-bond donors (Lipinski definition) is 0. The first-order chi connectivity index (χ1) is 10.4. The van der Waals surface area contributed by atoms with Crippen LogP contribution in [0.1, 0.15) is 26.7 Å². The molecule has 0 aromatic heterocycles. The third-order valence-corrected chi connectivity index (χ3v) is 5.26. The van der Waals surface area contributed by atoms with Crippen molar-refractivity contribution in [2.24, 2.45) is 5.92 Å². The van der Waals surface area contributed by atoms with Crippen molar-refractivity contribution in [1.29, 1.82) is 0 Å². The fourth-order valence-corrected chi connectivity index (χ4v) is 3.89. The van der Waals surface area contributed by atoms with Crippen molar-refractivity contribution in [3.63, 3.8) is 0 Å². The molecular formula is C16H28BrNO4. The Bertz CT molecular complexity index is 365. The predicted molar refractivity (Wildman–Crippen MR) is 88.5 cm³/mol. The largest absolute Gasteiger partial charge is 0.381 e. The summed E-state index contributed by atoms with van der Waals surface area (Å²) in [6, 6.07) is 0.390. The number of ketones is 1. The zero-order valence-electron chi connectivity index (χ0n) is 14.0. The highest BCUT2D eigenvalue weighted by atomic mass is 79.9. The highest BCUT2D eigenvalue weighted by Crippen LogP contribution is 2.36. The fourth-order valence-electron chi connectivity index (χ4n) is 3.63. The van der Waals surface area contributed by atoms with Crippen molar-refractivity contribution in [2.45, 2.75) is 49.3 Å². The average molecular weight is 378 g/mol. The van der Waals surface area contributed by atoms with Crippen molar-refractivity contribution in [3.05, 3.63) is 0 Å². The molecule has 2 atom stereocenters. The number of hydrogen-bond acceptors (Lipinski definition) is 5. The second kappa shape index (κ2) is 7.71. The Hall–Kier alpha value is -0.0100. The number of carbonyl (C=O) groups excluding carboxylic acids is 1. The Labute approximate surface area is 141 Å². The SMILES string of the molecule is COC1CC(N2CCOCC2)CC(OC)C1C(=O)C(C)(C)Br. The topological polar surface area (TPSA) is 48.0 Å². The van der Waals surface area contributed by atoms with Crippen molar-refractivity contribution < 1.29 is 19.0 Å². The van der Waals surface area contributed by atoms with Gasteiger partial charge >= 0.3 is 0 Å². The number of nitrogens with zero attached hydrogens (tertiary/aromatic N) is 1. The van der Waals surface area contributed by atoms with E-state index in [-0.39, 0.29) is 23.9 Å². The molecule has 1 aliphatic carbocycles. The molecule has 0 bridgehead atoms. The summed E-state index contributed by atoms with van der Waals surface area (Å²) in [6.45, 7) is 7.23. The van der Waals surface area contributed by atoms with Crippen molar-refractivity contribution in [2.75, 3.05) is 40.5 Å². The monoisotopic (exact) mass is 377 g/mol. The highest BCUT2D eigenvalue weighted by molar-refractivity contribution is 9.10. The molecule has 2 aliphatic rings. The van der Waals surface area contributed by atoms with E-state index in [0.717, 1.165) is 39.1 Å². The summed E-state index contributed by atoms with van der Waals surface area (Å²) in [5, 5.41) is 0. The first-order valence-electron chi connectivity index (χ1n) is 7.99. The van der Waals surface area contributed by atoms with E-state index in [9.17, 15) is 4.79 Å². The van der Waals surface area contributed by atoms with Crippen LogP contribution in [0.4, 0.5) is 0 Å². The number of rotatable bonds is 5. The smallest absolute Gasteiger partial charge is 0.157 e. The maximum absolute atomic E-state index is 12.8. The van der Waals surface area contributed by atoms with Crippen LogP contribution in [-0.2, 0) is 19.0 Å². The van der Waals surface area contributed by atoms with Crippen LogP contribution in [0.3, 0.4) is 0 Å². The zero-order chi connectivity index (χ0) is 16.3. The molecule has 0 aromatic rings. The van der Waals surface area contributed by atoms with Crippen molar-refractivity contribution in [1.82, 2.24) is 4.90 Å². The molecule has 1 saturated carbocycles. The molecule has 5 nitrogen and oxygen atoms in total. The molecule has 2 unspecified atom stereocenters. The van der Waals surface area contributed by atoms with Crippen LogP contribution in [0.5, 0.6) is 0 Å². The zero-order valence-corrected chi connectivity index (χ0v) is 15.6. The fraction of sp³-hybridized carbons (Fsp3) is 0.938. The van der Waals surface area contributed by atoms with Crippen LogP contribution in [0, 0.1) is 5.92 Å². The number of Topliss-reactive ketones (excluding diaryl/α,β-unsaturated/α-hetero) is 1. The summed E-state index contributed by atoms with van der Waals surface area (Å²) in [6.07, 6.45) is 1.54. The molecular weight excluding hydrogens is 350 g/mol. The second-order valence-corrected chi connectivity index (χ2v) is 8.67. The van der Waals surface area contributed by atoms with Gasteiger partial charge < -0.3 is 14.2 Å². The summed E-state index contributed by atoms with van der Waals surface area (Å²) in [4.78, 5) is 15.2. The van der Waals surface area contributed by atoms with Crippen LogP contribution >= 0.6 is 15.9 Å². The standard InChI is InChI=1S/C16H28BrNO4/c1-16(2,17)15(19)14-12(20-3)9-11(10-13(14)21-4)18-5-7-22-8-6-18/h11-14H,5-10H2,1-4H3. The Morgan fingerprint density at radius 3 is 2.05 bits per heavy atom. The molecule has 22 heavy (non-hydrogen) atoms. The van der Waals surface area contributed by atoms with Crippen LogP contribution in [0.2, 0.25) is 0 Å². The molecule has 0 spiro atoms. The molecule has 0 amide bonds.